The molecule has 0 fully saturated rings. The highest BCUT2D eigenvalue weighted by Crippen LogP contribution is 2.00. The molecule has 0 saturated heterocycles. The minimum absolute atomic E-state index is 0.343. The fraction of sp³-hybridized carbons (Fsp3) is 0.400. The Bertz CT molecular complexity index is 265. The van der Waals surface area contributed by atoms with Crippen molar-refractivity contribution >= 4 is 16.2 Å². The van der Waals surface area contributed by atoms with Gasteiger partial charge in [-0.2, -0.15) is 0 Å². The molecule has 1 heterocycles. The summed E-state index contributed by atoms with van der Waals surface area (Å²) in [6.07, 6.45) is 5.59. The summed E-state index contributed by atoms with van der Waals surface area (Å²) in [5.41, 5.74) is 0. The number of sulfonamides is 1. The molecule has 1 aliphatic heterocycles. The first kappa shape index (κ1) is 7.27. The van der Waals surface area contributed by atoms with Crippen LogP contribution in [0.1, 0.15) is 0 Å². The molecule has 0 spiro atoms. The smallest absolute Gasteiger partial charge is 0.232 e. The van der Waals surface area contributed by atoms with Crippen molar-refractivity contribution in [2.45, 2.75) is 0 Å². The lowest BCUT2D eigenvalue weighted by molar-refractivity contribution is 0.533. The van der Waals surface area contributed by atoms with E-state index in [1.54, 1.807) is 6.21 Å². The van der Waals surface area contributed by atoms with Crippen molar-refractivity contribution in [3.63, 3.8) is 0 Å². The fourth-order valence-electron chi connectivity index (χ4n) is 0.608. The third kappa shape index (κ3) is 1.57. The molecular weight excluding hydrogens is 152 g/mol. The Morgan fingerprint density at radius 2 is 2.30 bits per heavy atom. The summed E-state index contributed by atoms with van der Waals surface area (Å²) in [4.78, 5) is 3.73. The predicted molar refractivity (Wildman–Crippen MR) is 39.2 cm³/mol. The normalized spacial score (nSPS) is 17.9. The molecule has 4 nitrogen and oxygen atoms in total. The van der Waals surface area contributed by atoms with Crippen LogP contribution in [0, 0.1) is 0 Å². The van der Waals surface area contributed by atoms with E-state index >= 15 is 0 Å². The van der Waals surface area contributed by atoms with E-state index in [1.807, 2.05) is 0 Å². The van der Waals surface area contributed by atoms with E-state index in [9.17, 15) is 8.42 Å². The Morgan fingerprint density at radius 1 is 1.60 bits per heavy atom. The highest BCUT2D eigenvalue weighted by molar-refractivity contribution is 7.88. The van der Waals surface area contributed by atoms with E-state index in [1.165, 1.54) is 16.7 Å². The van der Waals surface area contributed by atoms with Crippen LogP contribution in [0.25, 0.3) is 0 Å². The van der Waals surface area contributed by atoms with Crippen molar-refractivity contribution in [1.82, 2.24) is 4.31 Å². The summed E-state index contributed by atoms with van der Waals surface area (Å²) >= 11 is 0. The van der Waals surface area contributed by atoms with Crippen molar-refractivity contribution in [3.05, 3.63) is 12.4 Å². The van der Waals surface area contributed by atoms with Crippen LogP contribution in [-0.2, 0) is 10.0 Å². The average Bonchev–Trinajstić information content (AvgIpc) is 1.88. The highest BCUT2D eigenvalue weighted by Gasteiger charge is 2.10. The van der Waals surface area contributed by atoms with Gasteiger partial charge in [-0.05, 0) is 0 Å². The zero-order valence-corrected chi connectivity index (χ0v) is 6.37. The van der Waals surface area contributed by atoms with Crippen LogP contribution in [0.2, 0.25) is 0 Å². The Balaban J connectivity index is 2.79. The van der Waals surface area contributed by atoms with E-state index in [-0.39, 0.29) is 0 Å². The van der Waals surface area contributed by atoms with Crippen LogP contribution in [0.4, 0.5) is 0 Å². The Morgan fingerprint density at radius 3 is 2.60 bits per heavy atom. The van der Waals surface area contributed by atoms with Gasteiger partial charge in [0.2, 0.25) is 10.0 Å². The molecule has 0 amide bonds. The van der Waals surface area contributed by atoms with Crippen molar-refractivity contribution < 1.29 is 8.42 Å². The van der Waals surface area contributed by atoms with Crippen molar-refractivity contribution in [1.29, 1.82) is 0 Å². The average molecular weight is 160 g/mol. The van der Waals surface area contributed by atoms with Gasteiger partial charge < -0.3 is 0 Å². The summed E-state index contributed by atoms with van der Waals surface area (Å²) in [7, 11) is -3.07. The standard InChI is InChI=1S/C5H8N2O2S/c1-10(8,9)7-4-2-6-3-5-7/h2-4H,5H2,1H3. The summed E-state index contributed by atoms with van der Waals surface area (Å²) < 4.78 is 22.8. The zero-order chi connectivity index (χ0) is 7.61. The molecule has 0 unspecified atom stereocenters. The van der Waals surface area contributed by atoms with Crippen molar-refractivity contribution in [3.8, 4) is 0 Å². The number of nitrogens with zero attached hydrogens (tertiary/aromatic N) is 2. The molecule has 0 saturated carbocycles. The molecule has 0 aromatic carbocycles. The number of hydrogen-bond acceptors (Lipinski definition) is 3. The Kier molecular flexibility index (Phi) is 1.76. The quantitative estimate of drug-likeness (QED) is 0.533. The molecule has 1 aliphatic rings. The number of rotatable bonds is 1. The zero-order valence-electron chi connectivity index (χ0n) is 5.56. The fourth-order valence-corrected chi connectivity index (χ4v) is 1.22. The first-order chi connectivity index (χ1) is 4.61. The minimum Gasteiger partial charge on any atom is -0.271 e. The van der Waals surface area contributed by atoms with Crippen LogP contribution in [0.5, 0.6) is 0 Å². The van der Waals surface area contributed by atoms with Crippen LogP contribution in [0.3, 0.4) is 0 Å². The van der Waals surface area contributed by atoms with Crippen molar-refractivity contribution in [2.24, 2.45) is 4.99 Å². The second-order valence-electron chi connectivity index (χ2n) is 1.96. The van der Waals surface area contributed by atoms with Gasteiger partial charge in [0, 0.05) is 18.6 Å². The van der Waals surface area contributed by atoms with Gasteiger partial charge in [0.15, 0.2) is 0 Å². The topological polar surface area (TPSA) is 49.7 Å². The van der Waals surface area contributed by atoms with E-state index in [2.05, 4.69) is 4.99 Å². The van der Waals surface area contributed by atoms with Gasteiger partial charge in [-0.25, -0.2) is 8.42 Å². The molecule has 0 atom stereocenters. The maximum absolute atomic E-state index is 10.8. The molecule has 1 rings (SSSR count). The van der Waals surface area contributed by atoms with Crippen molar-refractivity contribution in [2.75, 3.05) is 12.8 Å². The largest absolute Gasteiger partial charge is 0.271 e. The summed E-state index contributed by atoms with van der Waals surface area (Å²) in [5, 5.41) is 0. The van der Waals surface area contributed by atoms with Gasteiger partial charge in [0.05, 0.1) is 12.8 Å². The second kappa shape index (κ2) is 2.42. The van der Waals surface area contributed by atoms with E-state index in [0.29, 0.717) is 6.54 Å². The summed E-state index contributed by atoms with van der Waals surface area (Å²) in [6, 6.07) is 0. The van der Waals surface area contributed by atoms with E-state index in [0.717, 1.165) is 6.26 Å². The molecule has 0 aromatic heterocycles. The molecule has 0 aromatic rings. The minimum atomic E-state index is -3.07. The van der Waals surface area contributed by atoms with Gasteiger partial charge in [0.25, 0.3) is 0 Å². The molecule has 0 bridgehead atoms. The predicted octanol–water partition coefficient (Wildman–Crippen LogP) is -0.196. The maximum atomic E-state index is 10.8. The lowest BCUT2D eigenvalue weighted by atomic mass is 10.6. The number of aliphatic imine (C=N–C) groups is 1. The molecule has 10 heavy (non-hydrogen) atoms. The third-order valence-corrected chi connectivity index (χ3v) is 2.23. The summed E-state index contributed by atoms with van der Waals surface area (Å²) in [6.45, 7) is 0.343. The molecule has 0 N–H and O–H groups in total. The Labute approximate surface area is 59.9 Å². The summed E-state index contributed by atoms with van der Waals surface area (Å²) in [5.74, 6) is 0. The molecular formula is C5H8N2O2S. The van der Waals surface area contributed by atoms with Gasteiger partial charge in [-0.15, -0.1) is 0 Å². The molecule has 0 radical (unpaired) electrons. The highest BCUT2D eigenvalue weighted by atomic mass is 32.2. The molecule has 0 aliphatic carbocycles. The first-order valence-electron chi connectivity index (χ1n) is 2.76. The SMILES string of the molecule is CS(=O)(=O)N1C=CN=CC1. The monoisotopic (exact) mass is 160 g/mol. The van der Waals surface area contributed by atoms with E-state index in [4.69, 9.17) is 0 Å². The lowest BCUT2D eigenvalue weighted by Gasteiger charge is -2.16. The number of hydrogen-bond donors (Lipinski definition) is 0. The lowest BCUT2D eigenvalue weighted by Crippen LogP contribution is -2.27. The van der Waals surface area contributed by atoms with Gasteiger partial charge in [0.1, 0.15) is 0 Å². The van der Waals surface area contributed by atoms with Crippen LogP contribution >= 0.6 is 0 Å². The van der Waals surface area contributed by atoms with Gasteiger partial charge in [-0.3, -0.25) is 9.30 Å². The Hall–Kier alpha value is -0.840. The molecule has 56 valence electrons. The maximum Gasteiger partial charge on any atom is 0.232 e. The van der Waals surface area contributed by atoms with Gasteiger partial charge >= 0.3 is 0 Å². The van der Waals surface area contributed by atoms with Crippen LogP contribution in [0.15, 0.2) is 17.4 Å². The van der Waals surface area contributed by atoms with E-state index < -0.39 is 10.0 Å². The first-order valence-corrected chi connectivity index (χ1v) is 4.60. The third-order valence-electron chi connectivity index (χ3n) is 1.11. The van der Waals surface area contributed by atoms with Crippen LogP contribution < -0.4 is 0 Å². The molecule has 5 heteroatoms. The second-order valence-corrected chi connectivity index (χ2v) is 3.90. The van der Waals surface area contributed by atoms with Crippen LogP contribution in [-0.4, -0.2) is 31.7 Å². The van der Waals surface area contributed by atoms with Gasteiger partial charge in [-0.1, -0.05) is 0 Å².